The molecule has 3 aromatic heterocycles. The Kier molecular flexibility index (Phi) is 5.52. The molecule has 2 aromatic carbocycles. The van der Waals surface area contributed by atoms with Crippen molar-refractivity contribution in [2.45, 2.75) is 24.4 Å². The first kappa shape index (κ1) is 20.2. The van der Waals surface area contributed by atoms with Crippen LogP contribution in [0.1, 0.15) is 16.7 Å². The van der Waals surface area contributed by atoms with Gasteiger partial charge in [-0.05, 0) is 42.3 Å². The second-order valence-electron chi connectivity index (χ2n) is 7.32. The SMILES string of the molecule is Cc1ccc(Cn2c(SCc3ccc(Cl)cc3)nc3c(sc4ncccc43)c2=O)cc1. The van der Waals surface area contributed by atoms with Gasteiger partial charge in [0.2, 0.25) is 0 Å². The molecule has 5 rings (SSSR count). The van der Waals surface area contributed by atoms with E-state index in [1.807, 2.05) is 36.4 Å². The zero-order chi connectivity index (χ0) is 21.4. The van der Waals surface area contributed by atoms with Crippen LogP contribution in [0.2, 0.25) is 5.02 Å². The topological polar surface area (TPSA) is 47.8 Å². The number of pyridine rings is 1. The average Bonchev–Trinajstić information content (AvgIpc) is 3.16. The highest BCUT2D eigenvalue weighted by atomic mass is 35.5. The van der Waals surface area contributed by atoms with Crippen LogP contribution in [0.5, 0.6) is 0 Å². The lowest BCUT2D eigenvalue weighted by Gasteiger charge is -2.12. The van der Waals surface area contributed by atoms with Crippen molar-refractivity contribution < 1.29 is 0 Å². The summed E-state index contributed by atoms with van der Waals surface area (Å²) >= 11 is 8.99. The molecule has 0 fully saturated rings. The van der Waals surface area contributed by atoms with Crippen LogP contribution in [0.15, 0.2) is 76.8 Å². The van der Waals surface area contributed by atoms with Gasteiger partial charge in [-0.25, -0.2) is 9.97 Å². The molecule has 0 aliphatic rings. The molecule has 0 radical (unpaired) electrons. The molecule has 154 valence electrons. The Morgan fingerprint density at radius 3 is 2.55 bits per heavy atom. The van der Waals surface area contributed by atoms with Gasteiger partial charge in [0, 0.05) is 22.4 Å². The third-order valence-corrected chi connectivity index (χ3v) is 7.45. The van der Waals surface area contributed by atoms with Crippen molar-refractivity contribution in [2.75, 3.05) is 0 Å². The van der Waals surface area contributed by atoms with E-state index in [2.05, 4.69) is 36.2 Å². The quantitative estimate of drug-likeness (QED) is 0.226. The summed E-state index contributed by atoms with van der Waals surface area (Å²) in [5, 5.41) is 2.34. The van der Waals surface area contributed by atoms with E-state index >= 15 is 0 Å². The molecule has 0 saturated carbocycles. The lowest BCUT2D eigenvalue weighted by Crippen LogP contribution is -2.23. The number of thioether (sulfide) groups is 1. The van der Waals surface area contributed by atoms with Gasteiger partial charge in [0.25, 0.3) is 5.56 Å². The Hall–Kier alpha value is -2.67. The molecule has 7 heteroatoms. The summed E-state index contributed by atoms with van der Waals surface area (Å²) in [6, 6.07) is 19.9. The highest BCUT2D eigenvalue weighted by molar-refractivity contribution is 7.98. The lowest BCUT2D eigenvalue weighted by atomic mass is 10.1. The summed E-state index contributed by atoms with van der Waals surface area (Å²) in [5.41, 5.74) is 4.10. The predicted octanol–water partition coefficient (Wildman–Crippen LogP) is 6.31. The molecule has 0 saturated heterocycles. The average molecular weight is 464 g/mol. The molecule has 3 heterocycles. The maximum Gasteiger partial charge on any atom is 0.272 e. The summed E-state index contributed by atoms with van der Waals surface area (Å²) in [4.78, 5) is 23.7. The predicted molar refractivity (Wildman–Crippen MR) is 130 cm³/mol. The van der Waals surface area contributed by atoms with Crippen molar-refractivity contribution in [1.29, 1.82) is 0 Å². The zero-order valence-corrected chi connectivity index (χ0v) is 19.1. The van der Waals surface area contributed by atoms with Crippen LogP contribution >= 0.6 is 34.7 Å². The van der Waals surface area contributed by atoms with Crippen molar-refractivity contribution in [2.24, 2.45) is 0 Å². The number of hydrogen-bond acceptors (Lipinski definition) is 5. The third-order valence-electron chi connectivity index (χ3n) is 5.06. The smallest absolute Gasteiger partial charge is 0.272 e. The normalized spacial score (nSPS) is 11.4. The van der Waals surface area contributed by atoms with E-state index in [4.69, 9.17) is 16.6 Å². The highest BCUT2D eigenvalue weighted by Crippen LogP contribution is 2.31. The number of halogens is 1. The van der Waals surface area contributed by atoms with Crippen molar-refractivity contribution in [1.82, 2.24) is 14.5 Å². The number of thiophene rings is 1. The van der Waals surface area contributed by atoms with E-state index in [0.717, 1.165) is 26.9 Å². The second-order valence-corrected chi connectivity index (χ2v) is 9.70. The first-order chi connectivity index (χ1) is 15.1. The van der Waals surface area contributed by atoms with Gasteiger partial charge < -0.3 is 0 Å². The standard InChI is InChI=1S/C24H18ClN3OS2/c1-15-4-6-16(7-5-15)13-28-23(29)21-20(19-3-2-12-26-22(19)31-21)27-24(28)30-14-17-8-10-18(25)11-9-17/h2-12H,13-14H2,1H3. The Labute approximate surface area is 192 Å². The molecular formula is C24H18ClN3OS2. The molecule has 31 heavy (non-hydrogen) atoms. The third kappa shape index (κ3) is 4.11. The Bertz CT molecular complexity index is 1440. The van der Waals surface area contributed by atoms with Crippen LogP contribution in [0.4, 0.5) is 0 Å². The van der Waals surface area contributed by atoms with E-state index in [1.165, 1.54) is 16.9 Å². The lowest BCUT2D eigenvalue weighted by molar-refractivity contribution is 0.659. The van der Waals surface area contributed by atoms with Crippen LogP contribution in [-0.4, -0.2) is 14.5 Å². The molecule has 0 bridgehead atoms. The van der Waals surface area contributed by atoms with Crippen LogP contribution < -0.4 is 5.56 Å². The summed E-state index contributed by atoms with van der Waals surface area (Å²) in [6.45, 7) is 2.54. The first-order valence-electron chi connectivity index (χ1n) is 9.79. The number of rotatable bonds is 5. The van der Waals surface area contributed by atoms with Gasteiger partial charge in [0.05, 0.1) is 12.1 Å². The van der Waals surface area contributed by atoms with Crippen molar-refractivity contribution >= 4 is 55.1 Å². The Balaban J connectivity index is 1.62. The van der Waals surface area contributed by atoms with Gasteiger partial charge in [0.15, 0.2) is 5.16 Å². The summed E-state index contributed by atoms with van der Waals surface area (Å²) in [6.07, 6.45) is 1.75. The minimum atomic E-state index is -0.0211. The first-order valence-corrected chi connectivity index (χ1v) is 12.0. The van der Waals surface area contributed by atoms with Gasteiger partial charge in [-0.2, -0.15) is 0 Å². The number of aromatic nitrogens is 3. The molecule has 0 N–H and O–H groups in total. The fourth-order valence-electron chi connectivity index (χ4n) is 3.40. The van der Waals surface area contributed by atoms with E-state index in [-0.39, 0.29) is 5.56 Å². The van der Waals surface area contributed by atoms with Crippen LogP contribution in [-0.2, 0) is 12.3 Å². The molecule has 0 aliphatic carbocycles. The summed E-state index contributed by atoms with van der Waals surface area (Å²) in [7, 11) is 0. The molecule has 0 atom stereocenters. The molecule has 0 amide bonds. The minimum Gasteiger partial charge on any atom is -0.282 e. The van der Waals surface area contributed by atoms with E-state index in [1.54, 1.807) is 22.5 Å². The monoisotopic (exact) mass is 463 g/mol. The number of nitrogens with zero attached hydrogens (tertiary/aromatic N) is 3. The molecule has 4 nitrogen and oxygen atoms in total. The minimum absolute atomic E-state index is 0.0211. The second kappa shape index (κ2) is 8.46. The van der Waals surface area contributed by atoms with E-state index in [0.29, 0.717) is 27.2 Å². The molecule has 5 aromatic rings. The van der Waals surface area contributed by atoms with Crippen LogP contribution in [0.25, 0.3) is 20.4 Å². The van der Waals surface area contributed by atoms with Gasteiger partial charge in [-0.1, -0.05) is 65.3 Å². The molecule has 0 spiro atoms. The van der Waals surface area contributed by atoms with E-state index < -0.39 is 0 Å². The van der Waals surface area contributed by atoms with Crippen molar-refractivity contribution in [3.63, 3.8) is 0 Å². The summed E-state index contributed by atoms with van der Waals surface area (Å²) < 4.78 is 2.43. The zero-order valence-electron chi connectivity index (χ0n) is 16.7. The molecule has 0 unspecified atom stereocenters. The Morgan fingerprint density at radius 1 is 1.03 bits per heavy atom. The number of fused-ring (bicyclic) bond motifs is 3. The fourth-order valence-corrected chi connectivity index (χ4v) is 5.50. The van der Waals surface area contributed by atoms with Crippen molar-refractivity contribution in [3.05, 3.63) is 98.9 Å². The number of hydrogen-bond donors (Lipinski definition) is 0. The van der Waals surface area contributed by atoms with Gasteiger partial charge in [-0.3, -0.25) is 9.36 Å². The van der Waals surface area contributed by atoms with Gasteiger partial charge >= 0.3 is 0 Å². The highest BCUT2D eigenvalue weighted by Gasteiger charge is 2.17. The summed E-state index contributed by atoms with van der Waals surface area (Å²) in [5.74, 6) is 0.698. The van der Waals surface area contributed by atoms with E-state index in [9.17, 15) is 4.79 Å². The number of aryl methyl sites for hydroxylation is 1. The Morgan fingerprint density at radius 2 is 1.77 bits per heavy atom. The molecule has 0 aliphatic heterocycles. The van der Waals surface area contributed by atoms with Gasteiger partial charge in [0.1, 0.15) is 9.53 Å². The molecular weight excluding hydrogens is 446 g/mol. The number of benzene rings is 2. The maximum absolute atomic E-state index is 13.5. The van der Waals surface area contributed by atoms with Crippen LogP contribution in [0.3, 0.4) is 0 Å². The van der Waals surface area contributed by atoms with Crippen LogP contribution in [0, 0.1) is 6.92 Å². The largest absolute Gasteiger partial charge is 0.282 e. The fraction of sp³-hybridized carbons (Fsp3) is 0.125. The van der Waals surface area contributed by atoms with Gasteiger partial charge in [-0.15, -0.1) is 11.3 Å². The van der Waals surface area contributed by atoms with Crippen molar-refractivity contribution in [3.8, 4) is 0 Å². The maximum atomic E-state index is 13.5.